The minimum Gasteiger partial charge on any atom is -0.493 e. The molecule has 2 aromatic carbocycles. The Labute approximate surface area is 175 Å². The van der Waals surface area contributed by atoms with Gasteiger partial charge in [0.25, 0.3) is 0 Å². The van der Waals surface area contributed by atoms with E-state index in [9.17, 15) is 10.1 Å². The molecular formula is C19H13Cl2N5O3. The number of esters is 1. The molecule has 29 heavy (non-hydrogen) atoms. The van der Waals surface area contributed by atoms with E-state index >= 15 is 0 Å². The Balaban J connectivity index is 1.98. The van der Waals surface area contributed by atoms with Crippen LogP contribution in [-0.4, -0.2) is 23.0 Å². The fourth-order valence-corrected chi connectivity index (χ4v) is 3.01. The Hall–Kier alpha value is -3.54. The van der Waals surface area contributed by atoms with Gasteiger partial charge in [-0.2, -0.15) is 10.2 Å². The number of aromatic nitrogens is 2. The van der Waals surface area contributed by atoms with Crippen LogP contribution in [0.3, 0.4) is 0 Å². The fourth-order valence-electron chi connectivity index (χ4n) is 2.52. The highest BCUT2D eigenvalue weighted by atomic mass is 35.5. The summed E-state index contributed by atoms with van der Waals surface area (Å²) < 4.78 is 10.7. The molecule has 3 rings (SSSR count). The van der Waals surface area contributed by atoms with Gasteiger partial charge < -0.3 is 20.9 Å². The SMILES string of the molecule is COc1cc(-c2nc(N)nc(N)c2C#N)ccc1OC(=O)c1ccc(Cl)cc1Cl. The fraction of sp³-hybridized carbons (Fsp3) is 0.0526. The number of nitrogens with zero attached hydrogens (tertiary/aromatic N) is 3. The highest BCUT2D eigenvalue weighted by molar-refractivity contribution is 6.36. The standard InChI is InChI=1S/C19H13Cl2N5O3/c1-28-15-6-9(16-12(8-22)17(23)26-19(24)25-16)2-5-14(15)29-18(27)11-4-3-10(20)7-13(11)21/h2-7H,1H3,(H4,23,24,25,26). The van der Waals surface area contributed by atoms with Gasteiger partial charge in [-0.05, 0) is 36.4 Å². The number of benzene rings is 2. The number of hydrogen-bond donors (Lipinski definition) is 2. The van der Waals surface area contributed by atoms with E-state index in [1.165, 1.54) is 37.4 Å². The molecule has 3 aromatic rings. The Morgan fingerprint density at radius 1 is 1.10 bits per heavy atom. The van der Waals surface area contributed by atoms with Crippen molar-refractivity contribution in [3.05, 3.63) is 57.6 Å². The Morgan fingerprint density at radius 3 is 2.52 bits per heavy atom. The summed E-state index contributed by atoms with van der Waals surface area (Å²) in [4.78, 5) is 20.3. The van der Waals surface area contributed by atoms with Crippen molar-refractivity contribution in [3.63, 3.8) is 0 Å². The molecular weight excluding hydrogens is 417 g/mol. The van der Waals surface area contributed by atoms with Crippen molar-refractivity contribution in [1.82, 2.24) is 9.97 Å². The Bertz CT molecular complexity index is 1160. The molecule has 0 spiro atoms. The third kappa shape index (κ3) is 4.16. The van der Waals surface area contributed by atoms with Crippen molar-refractivity contribution in [1.29, 1.82) is 5.26 Å². The molecule has 10 heteroatoms. The molecule has 1 aromatic heterocycles. The van der Waals surface area contributed by atoms with Crippen molar-refractivity contribution in [2.24, 2.45) is 0 Å². The molecule has 1 heterocycles. The predicted molar refractivity (Wildman–Crippen MR) is 109 cm³/mol. The molecule has 0 unspecified atom stereocenters. The van der Waals surface area contributed by atoms with Crippen LogP contribution in [0.1, 0.15) is 15.9 Å². The summed E-state index contributed by atoms with van der Waals surface area (Å²) in [6.07, 6.45) is 0. The minimum absolute atomic E-state index is 0.0400. The summed E-state index contributed by atoms with van der Waals surface area (Å²) in [5.41, 5.74) is 12.3. The summed E-state index contributed by atoms with van der Waals surface area (Å²) in [6.45, 7) is 0. The van der Waals surface area contributed by atoms with E-state index in [0.717, 1.165) is 0 Å². The summed E-state index contributed by atoms with van der Waals surface area (Å²) in [5, 5.41) is 9.90. The number of anilines is 2. The van der Waals surface area contributed by atoms with E-state index < -0.39 is 5.97 Å². The third-order valence-electron chi connectivity index (χ3n) is 3.86. The lowest BCUT2D eigenvalue weighted by Crippen LogP contribution is -2.10. The van der Waals surface area contributed by atoms with Gasteiger partial charge in [-0.25, -0.2) is 9.78 Å². The molecule has 0 bridgehead atoms. The maximum absolute atomic E-state index is 12.5. The van der Waals surface area contributed by atoms with Crippen LogP contribution in [0.5, 0.6) is 11.5 Å². The summed E-state index contributed by atoms with van der Waals surface area (Å²) in [6, 6.07) is 11.0. The van der Waals surface area contributed by atoms with Crippen LogP contribution in [0.25, 0.3) is 11.3 Å². The zero-order valence-corrected chi connectivity index (χ0v) is 16.5. The normalized spacial score (nSPS) is 10.3. The number of carbonyl (C=O) groups excluding carboxylic acids is 1. The largest absolute Gasteiger partial charge is 0.493 e. The van der Waals surface area contributed by atoms with Gasteiger partial charge in [-0.15, -0.1) is 0 Å². The topological polar surface area (TPSA) is 137 Å². The van der Waals surface area contributed by atoms with Crippen LogP contribution < -0.4 is 20.9 Å². The van der Waals surface area contributed by atoms with Gasteiger partial charge in [-0.3, -0.25) is 0 Å². The molecule has 0 fully saturated rings. The quantitative estimate of drug-likeness (QED) is 0.472. The van der Waals surface area contributed by atoms with Crippen molar-refractivity contribution >= 4 is 40.9 Å². The predicted octanol–water partition coefficient (Wildman–Crippen LogP) is 3.71. The first-order valence-electron chi connectivity index (χ1n) is 8.02. The van der Waals surface area contributed by atoms with Crippen LogP contribution in [0.4, 0.5) is 11.8 Å². The summed E-state index contributed by atoms with van der Waals surface area (Å²) in [5.74, 6) is -0.447. The van der Waals surface area contributed by atoms with E-state index in [1.807, 2.05) is 6.07 Å². The highest BCUT2D eigenvalue weighted by Crippen LogP contribution is 2.35. The smallest absolute Gasteiger partial charge is 0.345 e. The molecule has 4 N–H and O–H groups in total. The molecule has 0 radical (unpaired) electrons. The summed E-state index contributed by atoms with van der Waals surface area (Å²) >= 11 is 11.9. The molecule has 0 saturated carbocycles. The van der Waals surface area contributed by atoms with Gasteiger partial charge in [0.2, 0.25) is 5.95 Å². The molecule has 0 atom stereocenters. The van der Waals surface area contributed by atoms with Crippen LogP contribution in [0, 0.1) is 11.3 Å². The van der Waals surface area contributed by atoms with Gasteiger partial charge >= 0.3 is 5.97 Å². The number of nitriles is 1. The average Bonchev–Trinajstić information content (AvgIpc) is 2.67. The number of nitrogens with two attached hydrogens (primary N) is 2. The number of nitrogen functional groups attached to an aromatic ring is 2. The second-order valence-electron chi connectivity index (χ2n) is 5.68. The van der Waals surface area contributed by atoms with E-state index in [2.05, 4.69) is 9.97 Å². The summed E-state index contributed by atoms with van der Waals surface area (Å²) in [7, 11) is 1.40. The Kier molecular flexibility index (Phi) is 5.73. The number of ether oxygens (including phenoxy) is 2. The van der Waals surface area contributed by atoms with E-state index in [0.29, 0.717) is 10.6 Å². The van der Waals surface area contributed by atoms with Crippen molar-refractivity contribution in [2.75, 3.05) is 18.6 Å². The molecule has 0 aliphatic rings. The highest BCUT2D eigenvalue weighted by Gasteiger charge is 2.19. The number of halogens is 2. The van der Waals surface area contributed by atoms with Crippen LogP contribution in [0.15, 0.2) is 36.4 Å². The van der Waals surface area contributed by atoms with E-state index in [4.69, 9.17) is 44.1 Å². The zero-order chi connectivity index (χ0) is 21.1. The van der Waals surface area contributed by atoms with Crippen molar-refractivity contribution in [2.45, 2.75) is 0 Å². The average molecular weight is 430 g/mol. The third-order valence-corrected chi connectivity index (χ3v) is 4.40. The number of hydrogen-bond acceptors (Lipinski definition) is 8. The molecule has 0 aliphatic carbocycles. The maximum atomic E-state index is 12.5. The molecule has 0 amide bonds. The van der Waals surface area contributed by atoms with Crippen LogP contribution in [-0.2, 0) is 0 Å². The lowest BCUT2D eigenvalue weighted by atomic mass is 10.1. The molecule has 0 aliphatic heterocycles. The monoisotopic (exact) mass is 429 g/mol. The molecule has 0 saturated heterocycles. The maximum Gasteiger partial charge on any atom is 0.345 e. The minimum atomic E-state index is -0.689. The van der Waals surface area contributed by atoms with E-state index in [-0.39, 0.29) is 45.1 Å². The lowest BCUT2D eigenvalue weighted by Gasteiger charge is -2.12. The number of methoxy groups -OCH3 is 1. The zero-order valence-electron chi connectivity index (χ0n) is 14.9. The Morgan fingerprint density at radius 2 is 1.86 bits per heavy atom. The number of rotatable bonds is 4. The first kappa shape index (κ1) is 20.2. The van der Waals surface area contributed by atoms with E-state index in [1.54, 1.807) is 6.07 Å². The van der Waals surface area contributed by atoms with Crippen LogP contribution >= 0.6 is 23.2 Å². The van der Waals surface area contributed by atoms with Crippen LogP contribution in [0.2, 0.25) is 10.0 Å². The van der Waals surface area contributed by atoms with Gasteiger partial charge in [0.1, 0.15) is 17.5 Å². The van der Waals surface area contributed by atoms with Gasteiger partial charge in [-0.1, -0.05) is 23.2 Å². The second-order valence-corrected chi connectivity index (χ2v) is 6.53. The van der Waals surface area contributed by atoms with Gasteiger partial charge in [0.05, 0.1) is 23.4 Å². The molecule has 8 nitrogen and oxygen atoms in total. The number of carbonyl (C=O) groups is 1. The first-order chi connectivity index (χ1) is 13.8. The van der Waals surface area contributed by atoms with Crippen molar-refractivity contribution in [3.8, 4) is 28.8 Å². The van der Waals surface area contributed by atoms with Gasteiger partial charge in [0, 0.05) is 10.6 Å². The van der Waals surface area contributed by atoms with Crippen molar-refractivity contribution < 1.29 is 14.3 Å². The first-order valence-corrected chi connectivity index (χ1v) is 8.78. The lowest BCUT2D eigenvalue weighted by molar-refractivity contribution is 0.0730. The van der Waals surface area contributed by atoms with Gasteiger partial charge in [0.15, 0.2) is 11.5 Å². The molecule has 146 valence electrons. The second kappa shape index (κ2) is 8.22.